The highest BCUT2D eigenvalue weighted by atomic mass is 16.4. The molecule has 0 bridgehead atoms. The normalized spacial score (nSPS) is 11.4. The van der Waals surface area contributed by atoms with Crippen LogP contribution in [0.4, 0.5) is 17.1 Å². The molecule has 0 saturated heterocycles. The molecule has 11 aromatic rings. The molecule has 0 fully saturated rings. The summed E-state index contributed by atoms with van der Waals surface area (Å²) < 4.78 is 13.6. The number of nitrogens with zero attached hydrogens (tertiary/aromatic N) is 2. The number of anilines is 3. The zero-order chi connectivity index (χ0) is 39.1. The van der Waals surface area contributed by atoms with Gasteiger partial charge in [0.2, 0.25) is 5.89 Å². The van der Waals surface area contributed by atoms with E-state index in [1.807, 2.05) is 54.6 Å². The Balaban J connectivity index is 1.09. The summed E-state index contributed by atoms with van der Waals surface area (Å²) in [6.07, 6.45) is 0. The van der Waals surface area contributed by atoms with Gasteiger partial charge in [-0.25, -0.2) is 4.98 Å². The molecular formula is C55H36N2O2. The first-order valence-electron chi connectivity index (χ1n) is 19.9. The standard InChI is InChI=1S/C55H36N2O2/c1-4-13-37(14-5-1)39-23-25-41(26-24-39)42-31-33-46(34-32-42)57(47-20-12-19-45(35-47)43-29-27-40(28-30-43)38-15-6-2-7-16-38)52-53-49(48-21-10-11-22-51(48)58-53)36-50-54(52)59-55(56-50)44-17-8-3-9-18-44/h1-36H. The summed E-state index contributed by atoms with van der Waals surface area (Å²) in [7, 11) is 0. The van der Waals surface area contributed by atoms with Crippen LogP contribution in [0, 0.1) is 0 Å². The van der Waals surface area contributed by atoms with Crippen molar-refractivity contribution in [2.45, 2.75) is 0 Å². The average molecular weight is 757 g/mol. The van der Waals surface area contributed by atoms with E-state index >= 15 is 0 Å². The van der Waals surface area contributed by atoms with Crippen LogP contribution in [0.1, 0.15) is 0 Å². The van der Waals surface area contributed by atoms with Gasteiger partial charge in [0.15, 0.2) is 11.2 Å². The van der Waals surface area contributed by atoms with E-state index in [0.29, 0.717) is 11.5 Å². The molecule has 0 aliphatic carbocycles. The van der Waals surface area contributed by atoms with Crippen LogP contribution in [0.25, 0.3) is 89.0 Å². The molecule has 0 aliphatic heterocycles. The molecular weight excluding hydrogens is 721 g/mol. The lowest BCUT2D eigenvalue weighted by atomic mass is 9.99. The summed E-state index contributed by atoms with van der Waals surface area (Å²) in [5.41, 5.74) is 15.8. The Bertz CT molecular complexity index is 3220. The minimum atomic E-state index is 0.556. The highest BCUT2D eigenvalue weighted by Gasteiger charge is 2.27. The fraction of sp³-hybridized carbons (Fsp3) is 0. The van der Waals surface area contributed by atoms with Crippen molar-refractivity contribution in [2.24, 2.45) is 0 Å². The molecule has 2 aromatic heterocycles. The van der Waals surface area contributed by atoms with E-state index in [1.54, 1.807) is 0 Å². The maximum Gasteiger partial charge on any atom is 0.227 e. The quantitative estimate of drug-likeness (QED) is 0.155. The second kappa shape index (κ2) is 14.5. The lowest BCUT2D eigenvalue weighted by Crippen LogP contribution is -2.11. The van der Waals surface area contributed by atoms with Crippen LogP contribution in [0.15, 0.2) is 227 Å². The Labute approximate surface area is 341 Å². The van der Waals surface area contributed by atoms with Crippen LogP contribution < -0.4 is 4.90 Å². The lowest BCUT2D eigenvalue weighted by molar-refractivity contribution is 0.618. The Morgan fingerprint density at radius 3 is 1.39 bits per heavy atom. The second-order valence-electron chi connectivity index (χ2n) is 14.8. The third kappa shape index (κ3) is 6.34. The molecule has 0 aliphatic rings. The van der Waals surface area contributed by atoms with Crippen molar-refractivity contribution in [2.75, 3.05) is 4.90 Å². The molecule has 0 radical (unpaired) electrons. The Morgan fingerprint density at radius 2 is 0.797 bits per heavy atom. The van der Waals surface area contributed by atoms with E-state index < -0.39 is 0 Å². The zero-order valence-corrected chi connectivity index (χ0v) is 32.0. The zero-order valence-electron chi connectivity index (χ0n) is 32.0. The lowest BCUT2D eigenvalue weighted by Gasteiger charge is -2.26. The predicted octanol–water partition coefficient (Wildman–Crippen LogP) is 15.5. The van der Waals surface area contributed by atoms with Crippen molar-refractivity contribution in [1.29, 1.82) is 0 Å². The number of furan rings is 1. The molecule has 4 nitrogen and oxygen atoms in total. The summed E-state index contributed by atoms with van der Waals surface area (Å²) in [4.78, 5) is 7.36. The molecule has 4 heteroatoms. The van der Waals surface area contributed by atoms with Crippen molar-refractivity contribution in [3.8, 4) is 56.0 Å². The van der Waals surface area contributed by atoms with Gasteiger partial charge >= 0.3 is 0 Å². The van der Waals surface area contributed by atoms with E-state index in [-0.39, 0.29) is 0 Å². The van der Waals surface area contributed by atoms with Gasteiger partial charge in [-0.2, -0.15) is 0 Å². The first-order valence-corrected chi connectivity index (χ1v) is 19.9. The largest absolute Gasteiger partial charge is 0.454 e. The van der Waals surface area contributed by atoms with Gasteiger partial charge in [-0.05, 0) is 93.0 Å². The van der Waals surface area contributed by atoms with Crippen LogP contribution in [-0.4, -0.2) is 4.98 Å². The highest BCUT2D eigenvalue weighted by Crippen LogP contribution is 2.48. The Morgan fingerprint density at radius 1 is 0.322 bits per heavy atom. The number of oxazole rings is 1. The van der Waals surface area contributed by atoms with E-state index in [1.165, 1.54) is 22.3 Å². The minimum Gasteiger partial charge on any atom is -0.454 e. The fourth-order valence-corrected chi connectivity index (χ4v) is 8.14. The Hall–Kier alpha value is -7.95. The fourth-order valence-electron chi connectivity index (χ4n) is 8.14. The van der Waals surface area contributed by atoms with Crippen molar-refractivity contribution >= 4 is 50.1 Å². The molecule has 0 atom stereocenters. The average Bonchev–Trinajstić information content (AvgIpc) is 3.92. The smallest absolute Gasteiger partial charge is 0.227 e. The number of fused-ring (bicyclic) bond motifs is 4. The first kappa shape index (κ1) is 34.3. The number of hydrogen-bond donors (Lipinski definition) is 0. The van der Waals surface area contributed by atoms with Crippen LogP contribution in [0.5, 0.6) is 0 Å². The van der Waals surface area contributed by atoms with E-state index in [0.717, 1.165) is 72.3 Å². The van der Waals surface area contributed by atoms with Gasteiger partial charge in [0.25, 0.3) is 0 Å². The van der Waals surface area contributed by atoms with Gasteiger partial charge in [0.05, 0.1) is 0 Å². The summed E-state index contributed by atoms with van der Waals surface area (Å²) in [5, 5.41) is 2.00. The summed E-state index contributed by atoms with van der Waals surface area (Å²) >= 11 is 0. The minimum absolute atomic E-state index is 0.556. The van der Waals surface area contributed by atoms with Crippen LogP contribution in [0.2, 0.25) is 0 Å². The topological polar surface area (TPSA) is 42.4 Å². The third-order valence-corrected chi connectivity index (χ3v) is 11.1. The Kier molecular flexibility index (Phi) is 8.45. The van der Waals surface area contributed by atoms with Gasteiger partial charge in [-0.3, -0.25) is 0 Å². The maximum atomic E-state index is 6.81. The second-order valence-corrected chi connectivity index (χ2v) is 14.8. The van der Waals surface area contributed by atoms with Crippen LogP contribution in [0.3, 0.4) is 0 Å². The van der Waals surface area contributed by atoms with Gasteiger partial charge in [0, 0.05) is 27.7 Å². The van der Waals surface area contributed by atoms with Crippen molar-refractivity contribution in [1.82, 2.24) is 4.98 Å². The SMILES string of the molecule is c1ccc(-c2ccc(-c3ccc(N(c4cccc(-c5ccc(-c6ccccc6)cc5)c4)c4c5oc(-c6ccccc6)nc5cc5c4oc4ccccc45)cc3)cc2)cc1. The number of aromatic nitrogens is 1. The summed E-state index contributed by atoms with van der Waals surface area (Å²) in [5.74, 6) is 0.556. The molecule has 0 saturated carbocycles. The predicted molar refractivity (Wildman–Crippen MR) is 243 cm³/mol. The molecule has 59 heavy (non-hydrogen) atoms. The molecule has 2 heterocycles. The number of para-hydroxylation sites is 1. The van der Waals surface area contributed by atoms with E-state index in [4.69, 9.17) is 13.8 Å². The number of hydrogen-bond acceptors (Lipinski definition) is 4. The maximum absolute atomic E-state index is 6.81. The third-order valence-electron chi connectivity index (χ3n) is 11.1. The van der Waals surface area contributed by atoms with Crippen molar-refractivity contribution < 1.29 is 8.83 Å². The van der Waals surface area contributed by atoms with Crippen LogP contribution >= 0.6 is 0 Å². The molecule has 278 valence electrons. The molecule has 0 spiro atoms. The van der Waals surface area contributed by atoms with Crippen molar-refractivity contribution in [3.63, 3.8) is 0 Å². The van der Waals surface area contributed by atoms with Gasteiger partial charge in [-0.15, -0.1) is 0 Å². The number of rotatable bonds is 8. The molecule has 0 N–H and O–H groups in total. The molecule has 9 aromatic carbocycles. The van der Waals surface area contributed by atoms with Gasteiger partial charge in [0.1, 0.15) is 16.8 Å². The van der Waals surface area contributed by atoms with Gasteiger partial charge < -0.3 is 13.7 Å². The first-order chi connectivity index (χ1) is 29.2. The molecule has 0 amide bonds. The van der Waals surface area contributed by atoms with E-state index in [9.17, 15) is 0 Å². The monoisotopic (exact) mass is 756 g/mol. The highest BCUT2D eigenvalue weighted by molar-refractivity contribution is 6.17. The summed E-state index contributed by atoms with van der Waals surface area (Å²) in [6, 6.07) is 76.3. The molecule has 11 rings (SSSR count). The van der Waals surface area contributed by atoms with Crippen LogP contribution in [-0.2, 0) is 0 Å². The summed E-state index contributed by atoms with van der Waals surface area (Å²) in [6.45, 7) is 0. The molecule has 0 unspecified atom stereocenters. The van der Waals surface area contributed by atoms with E-state index in [2.05, 4.69) is 169 Å². The van der Waals surface area contributed by atoms with Crippen molar-refractivity contribution in [3.05, 3.63) is 218 Å². The number of benzene rings is 9. The van der Waals surface area contributed by atoms with Gasteiger partial charge in [-0.1, -0.05) is 170 Å².